The highest BCUT2D eigenvalue weighted by Gasteiger charge is 2.30. The van der Waals surface area contributed by atoms with Gasteiger partial charge in [-0.2, -0.15) is 0 Å². The van der Waals surface area contributed by atoms with E-state index in [1.807, 2.05) is 0 Å². The lowest BCUT2D eigenvalue weighted by Crippen LogP contribution is -2.44. The molecule has 1 aliphatic rings. The van der Waals surface area contributed by atoms with Crippen LogP contribution in [0, 0.1) is 5.92 Å². The van der Waals surface area contributed by atoms with Gasteiger partial charge < -0.3 is 10.5 Å². The summed E-state index contributed by atoms with van der Waals surface area (Å²) in [6.07, 6.45) is 8.50. The quantitative estimate of drug-likeness (QED) is 0.688. The van der Waals surface area contributed by atoms with E-state index in [4.69, 9.17) is 10.5 Å². The maximum Gasteiger partial charge on any atom is 0.0483 e. The average molecular weight is 213 g/mol. The topological polar surface area (TPSA) is 35.2 Å². The lowest BCUT2D eigenvalue weighted by Gasteiger charge is -2.37. The molecule has 0 bridgehead atoms. The first kappa shape index (κ1) is 13.0. The van der Waals surface area contributed by atoms with Crippen molar-refractivity contribution < 1.29 is 4.74 Å². The molecular formula is C13H27NO. The number of hydrogen-bond acceptors (Lipinski definition) is 2. The highest BCUT2D eigenvalue weighted by Crippen LogP contribution is 2.33. The van der Waals surface area contributed by atoms with E-state index in [0.717, 1.165) is 32.0 Å². The van der Waals surface area contributed by atoms with E-state index in [9.17, 15) is 0 Å². The second-order valence-corrected chi connectivity index (χ2v) is 5.08. The lowest BCUT2D eigenvalue weighted by atomic mass is 9.75. The van der Waals surface area contributed by atoms with Gasteiger partial charge in [-0.05, 0) is 44.4 Å². The van der Waals surface area contributed by atoms with Gasteiger partial charge in [0, 0.05) is 18.8 Å². The summed E-state index contributed by atoms with van der Waals surface area (Å²) < 4.78 is 5.52. The van der Waals surface area contributed by atoms with Gasteiger partial charge in [-0.15, -0.1) is 0 Å². The fraction of sp³-hybridized carbons (Fsp3) is 1.00. The Hall–Kier alpha value is -0.0800. The number of ether oxygens (including phenoxy) is 1. The molecule has 0 heterocycles. The summed E-state index contributed by atoms with van der Waals surface area (Å²) in [4.78, 5) is 0. The van der Waals surface area contributed by atoms with Crippen LogP contribution < -0.4 is 5.73 Å². The zero-order chi connectivity index (χ0) is 11.1. The van der Waals surface area contributed by atoms with Gasteiger partial charge in [-0.25, -0.2) is 0 Å². The second kappa shape index (κ2) is 6.49. The molecule has 0 atom stereocenters. The number of rotatable bonds is 6. The number of hydrogen-bond donors (Lipinski definition) is 1. The van der Waals surface area contributed by atoms with Crippen LogP contribution in [-0.2, 0) is 4.74 Å². The monoisotopic (exact) mass is 213 g/mol. The lowest BCUT2D eigenvalue weighted by molar-refractivity contribution is 0.0994. The van der Waals surface area contributed by atoms with Crippen LogP contribution in [0.2, 0.25) is 0 Å². The molecule has 90 valence electrons. The largest absolute Gasteiger partial charge is 0.381 e. The second-order valence-electron chi connectivity index (χ2n) is 5.08. The van der Waals surface area contributed by atoms with E-state index < -0.39 is 0 Å². The number of nitrogens with two attached hydrogens (primary N) is 1. The van der Waals surface area contributed by atoms with Crippen LogP contribution in [0.15, 0.2) is 0 Å². The Morgan fingerprint density at radius 1 is 1.20 bits per heavy atom. The molecule has 2 heteroatoms. The Morgan fingerprint density at radius 3 is 2.40 bits per heavy atom. The first-order valence-corrected chi connectivity index (χ1v) is 6.57. The van der Waals surface area contributed by atoms with Gasteiger partial charge in [0.1, 0.15) is 0 Å². The van der Waals surface area contributed by atoms with Gasteiger partial charge in [0.15, 0.2) is 0 Å². The van der Waals surface area contributed by atoms with Crippen LogP contribution >= 0.6 is 0 Å². The maximum atomic E-state index is 6.38. The molecule has 15 heavy (non-hydrogen) atoms. The van der Waals surface area contributed by atoms with E-state index in [-0.39, 0.29) is 5.54 Å². The molecule has 2 N–H and O–H groups in total. The van der Waals surface area contributed by atoms with Crippen molar-refractivity contribution in [3.05, 3.63) is 0 Å². The zero-order valence-corrected chi connectivity index (χ0v) is 10.4. The minimum Gasteiger partial charge on any atom is -0.381 e. The van der Waals surface area contributed by atoms with Crippen molar-refractivity contribution in [2.45, 2.75) is 64.3 Å². The minimum absolute atomic E-state index is 0.0827. The molecule has 1 aliphatic carbocycles. The van der Waals surface area contributed by atoms with E-state index >= 15 is 0 Å². The standard InChI is InChI=1S/C13H27NO/c1-3-10-15-11-9-13(14)7-5-12(4-2)6-8-13/h12H,3-11,14H2,1-2H3. The molecule has 0 spiro atoms. The summed E-state index contributed by atoms with van der Waals surface area (Å²) in [6, 6.07) is 0. The van der Waals surface area contributed by atoms with Gasteiger partial charge in [-0.1, -0.05) is 20.3 Å². The highest BCUT2D eigenvalue weighted by atomic mass is 16.5. The molecule has 1 fully saturated rings. The summed E-state index contributed by atoms with van der Waals surface area (Å²) in [7, 11) is 0. The van der Waals surface area contributed by atoms with E-state index in [2.05, 4.69) is 13.8 Å². The Balaban J connectivity index is 2.17. The van der Waals surface area contributed by atoms with Crippen molar-refractivity contribution >= 4 is 0 Å². The van der Waals surface area contributed by atoms with Crippen molar-refractivity contribution in [3.63, 3.8) is 0 Å². The van der Waals surface area contributed by atoms with Crippen LogP contribution in [-0.4, -0.2) is 18.8 Å². The average Bonchev–Trinajstić information content (AvgIpc) is 2.26. The summed E-state index contributed by atoms with van der Waals surface area (Å²) in [5, 5.41) is 0. The predicted octanol–water partition coefficient (Wildman–Crippen LogP) is 3.10. The summed E-state index contributed by atoms with van der Waals surface area (Å²) in [6.45, 7) is 6.16. The SMILES string of the molecule is CCCOCCC1(N)CCC(CC)CC1. The van der Waals surface area contributed by atoms with Crippen molar-refractivity contribution in [3.8, 4) is 0 Å². The fourth-order valence-electron chi connectivity index (χ4n) is 2.43. The Morgan fingerprint density at radius 2 is 1.87 bits per heavy atom. The third kappa shape index (κ3) is 4.52. The predicted molar refractivity (Wildman–Crippen MR) is 64.9 cm³/mol. The molecule has 0 saturated heterocycles. The molecule has 0 amide bonds. The van der Waals surface area contributed by atoms with Crippen molar-refractivity contribution in [1.29, 1.82) is 0 Å². The Kier molecular flexibility index (Phi) is 5.62. The van der Waals surface area contributed by atoms with Crippen LogP contribution in [0.1, 0.15) is 58.8 Å². The van der Waals surface area contributed by atoms with Crippen LogP contribution in [0.5, 0.6) is 0 Å². The zero-order valence-electron chi connectivity index (χ0n) is 10.4. The summed E-state index contributed by atoms with van der Waals surface area (Å²) in [5.74, 6) is 0.929. The first-order chi connectivity index (χ1) is 7.20. The van der Waals surface area contributed by atoms with E-state index in [1.54, 1.807) is 0 Å². The molecule has 1 saturated carbocycles. The summed E-state index contributed by atoms with van der Waals surface area (Å²) >= 11 is 0. The molecule has 0 aromatic heterocycles. The van der Waals surface area contributed by atoms with Gasteiger partial charge >= 0.3 is 0 Å². The molecule has 0 aromatic carbocycles. The van der Waals surface area contributed by atoms with Crippen molar-refractivity contribution in [2.24, 2.45) is 11.7 Å². The molecule has 0 aromatic rings. The molecular weight excluding hydrogens is 186 g/mol. The highest BCUT2D eigenvalue weighted by molar-refractivity contribution is 4.89. The van der Waals surface area contributed by atoms with Crippen molar-refractivity contribution in [2.75, 3.05) is 13.2 Å². The van der Waals surface area contributed by atoms with Gasteiger partial charge in [-0.3, -0.25) is 0 Å². The van der Waals surface area contributed by atoms with Crippen LogP contribution in [0.4, 0.5) is 0 Å². The van der Waals surface area contributed by atoms with E-state index in [0.29, 0.717) is 0 Å². The maximum absolute atomic E-state index is 6.38. The minimum atomic E-state index is 0.0827. The third-order valence-electron chi connectivity index (χ3n) is 3.77. The van der Waals surface area contributed by atoms with Crippen LogP contribution in [0.3, 0.4) is 0 Å². The first-order valence-electron chi connectivity index (χ1n) is 6.57. The normalized spacial score (nSPS) is 31.8. The Bertz CT molecular complexity index is 162. The van der Waals surface area contributed by atoms with E-state index in [1.165, 1.54) is 32.1 Å². The molecule has 2 nitrogen and oxygen atoms in total. The van der Waals surface area contributed by atoms with Crippen molar-refractivity contribution in [1.82, 2.24) is 0 Å². The molecule has 0 unspecified atom stereocenters. The van der Waals surface area contributed by atoms with Gasteiger partial charge in [0.2, 0.25) is 0 Å². The summed E-state index contributed by atoms with van der Waals surface area (Å²) in [5.41, 5.74) is 6.46. The molecule has 1 rings (SSSR count). The fourth-order valence-corrected chi connectivity index (χ4v) is 2.43. The molecule has 0 aliphatic heterocycles. The molecule has 0 radical (unpaired) electrons. The van der Waals surface area contributed by atoms with Crippen LogP contribution in [0.25, 0.3) is 0 Å². The third-order valence-corrected chi connectivity index (χ3v) is 3.77. The van der Waals surface area contributed by atoms with Gasteiger partial charge in [0.25, 0.3) is 0 Å². The van der Waals surface area contributed by atoms with Gasteiger partial charge in [0.05, 0.1) is 0 Å². The Labute approximate surface area is 94.6 Å². The smallest absolute Gasteiger partial charge is 0.0483 e.